The van der Waals surface area contributed by atoms with E-state index in [1.165, 1.54) is 4.90 Å². The summed E-state index contributed by atoms with van der Waals surface area (Å²) in [5, 5.41) is 0.368. The topological polar surface area (TPSA) is 3.24 Å². The molecule has 3 heteroatoms. The average molecular weight is 161 g/mol. The molecule has 1 heterocycles. The van der Waals surface area contributed by atoms with E-state index in [2.05, 4.69) is 13.0 Å². The summed E-state index contributed by atoms with van der Waals surface area (Å²) >= 11 is 1.80. The van der Waals surface area contributed by atoms with Gasteiger partial charge in [0.1, 0.15) is 0 Å². The molecule has 0 amide bonds. The van der Waals surface area contributed by atoms with Crippen molar-refractivity contribution >= 4 is 25.4 Å². The lowest BCUT2D eigenvalue weighted by Crippen LogP contribution is -2.22. The molecular formula is C8H8BNS. The van der Waals surface area contributed by atoms with Crippen LogP contribution >= 0.6 is 11.8 Å². The van der Waals surface area contributed by atoms with Crippen molar-refractivity contribution in [2.24, 2.45) is 0 Å². The minimum absolute atomic E-state index is 0.368. The molecule has 2 rings (SSSR count). The van der Waals surface area contributed by atoms with Crippen LogP contribution in [0.2, 0.25) is 0 Å². The average Bonchev–Trinajstić information content (AvgIpc) is 2.30. The molecule has 0 saturated carbocycles. The van der Waals surface area contributed by atoms with Crippen molar-refractivity contribution in [3.8, 4) is 0 Å². The van der Waals surface area contributed by atoms with E-state index in [0.717, 1.165) is 5.69 Å². The largest absolute Gasteiger partial charge is 0.413 e. The Morgan fingerprint density at radius 2 is 2.18 bits per heavy atom. The smallest absolute Gasteiger partial charge is 0.228 e. The normalized spacial score (nSPS) is 21.9. The van der Waals surface area contributed by atoms with Gasteiger partial charge in [0.15, 0.2) is 0 Å². The summed E-state index contributed by atoms with van der Waals surface area (Å²) in [6.07, 6.45) is 0. The molecule has 11 heavy (non-hydrogen) atoms. The number of nitrogens with zero attached hydrogens (tertiary/aromatic N) is 1. The summed E-state index contributed by atoms with van der Waals surface area (Å²) in [7, 11) is 5.80. The highest BCUT2D eigenvalue weighted by Crippen LogP contribution is 2.41. The lowest BCUT2D eigenvalue weighted by atomic mass is 10.2. The first-order valence-corrected chi connectivity index (χ1v) is 4.46. The van der Waals surface area contributed by atoms with Crippen LogP contribution in [0.4, 0.5) is 5.69 Å². The highest BCUT2D eigenvalue weighted by molar-refractivity contribution is 8.00. The van der Waals surface area contributed by atoms with E-state index in [1.54, 1.807) is 16.6 Å². The van der Waals surface area contributed by atoms with Crippen LogP contribution in [0.15, 0.2) is 29.2 Å². The van der Waals surface area contributed by atoms with Crippen molar-refractivity contribution in [2.75, 3.05) is 4.81 Å². The van der Waals surface area contributed by atoms with Gasteiger partial charge >= 0.3 is 0 Å². The maximum atomic E-state index is 5.80. The van der Waals surface area contributed by atoms with E-state index < -0.39 is 0 Å². The monoisotopic (exact) mass is 161 g/mol. The maximum absolute atomic E-state index is 5.80. The van der Waals surface area contributed by atoms with Crippen LogP contribution in [0, 0.1) is 0 Å². The molecule has 1 aliphatic rings. The number of hydrogen-bond acceptors (Lipinski definition) is 2. The third-order valence-electron chi connectivity index (χ3n) is 1.83. The first-order valence-electron chi connectivity index (χ1n) is 3.58. The number of benzene rings is 1. The van der Waals surface area contributed by atoms with Gasteiger partial charge in [-0.3, -0.25) is 0 Å². The zero-order chi connectivity index (χ0) is 7.84. The van der Waals surface area contributed by atoms with E-state index in [1.807, 2.05) is 18.2 Å². The molecule has 0 fully saturated rings. The first-order chi connectivity index (χ1) is 5.29. The Bertz CT molecular complexity index is 277. The molecule has 0 aliphatic carbocycles. The third kappa shape index (κ3) is 1.04. The predicted molar refractivity (Wildman–Crippen MR) is 50.0 cm³/mol. The second-order valence-corrected chi connectivity index (χ2v) is 3.95. The van der Waals surface area contributed by atoms with Gasteiger partial charge in [-0.05, 0) is 19.1 Å². The quantitative estimate of drug-likeness (QED) is 0.535. The van der Waals surface area contributed by atoms with E-state index in [4.69, 9.17) is 7.98 Å². The summed E-state index contributed by atoms with van der Waals surface area (Å²) in [5.41, 5.74) is 1.14. The van der Waals surface area contributed by atoms with E-state index in [9.17, 15) is 0 Å². The fourth-order valence-electron chi connectivity index (χ4n) is 1.21. The Morgan fingerprint density at radius 3 is 2.91 bits per heavy atom. The van der Waals surface area contributed by atoms with Crippen LogP contribution in [-0.4, -0.2) is 13.4 Å². The molecule has 1 nitrogen and oxygen atoms in total. The van der Waals surface area contributed by atoms with Gasteiger partial charge in [-0.15, -0.1) is 11.8 Å². The van der Waals surface area contributed by atoms with E-state index in [0.29, 0.717) is 5.37 Å². The number of hydrogen-bond donors (Lipinski definition) is 0. The highest BCUT2D eigenvalue weighted by Gasteiger charge is 2.21. The summed E-state index contributed by atoms with van der Waals surface area (Å²) in [6.45, 7) is 2.10. The third-order valence-corrected chi connectivity index (χ3v) is 3.00. The van der Waals surface area contributed by atoms with Gasteiger partial charge in [-0.1, -0.05) is 12.1 Å². The highest BCUT2D eigenvalue weighted by atomic mass is 32.2. The van der Waals surface area contributed by atoms with Crippen LogP contribution in [0.5, 0.6) is 0 Å². The lowest BCUT2D eigenvalue weighted by Gasteiger charge is -2.17. The molecule has 1 aromatic carbocycles. The standard InChI is InChI=1S/C8H8BNS/c1-6-10(9)7-4-2-3-5-8(7)11-6/h2-6H,1H3. The summed E-state index contributed by atoms with van der Waals surface area (Å²) in [4.78, 5) is 3.09. The number of para-hydroxylation sites is 1. The fourth-order valence-corrected chi connectivity index (χ4v) is 2.25. The van der Waals surface area contributed by atoms with Crippen LogP contribution < -0.4 is 4.81 Å². The molecule has 1 aliphatic heterocycles. The van der Waals surface area contributed by atoms with Gasteiger partial charge in [0.25, 0.3) is 0 Å². The van der Waals surface area contributed by atoms with Crippen molar-refractivity contribution in [3.63, 3.8) is 0 Å². The number of rotatable bonds is 0. The Balaban J connectivity index is 2.47. The molecule has 0 N–H and O–H groups in total. The molecule has 1 aromatic rings. The van der Waals surface area contributed by atoms with Crippen molar-refractivity contribution in [1.82, 2.24) is 0 Å². The van der Waals surface area contributed by atoms with Gasteiger partial charge in [-0.25, -0.2) is 0 Å². The maximum Gasteiger partial charge on any atom is 0.228 e. The Morgan fingerprint density at radius 1 is 1.45 bits per heavy atom. The summed E-state index contributed by atoms with van der Waals surface area (Å²) < 4.78 is 0. The van der Waals surface area contributed by atoms with Crippen molar-refractivity contribution in [3.05, 3.63) is 24.3 Å². The van der Waals surface area contributed by atoms with Gasteiger partial charge in [0, 0.05) is 10.6 Å². The second-order valence-electron chi connectivity index (χ2n) is 2.59. The summed E-state index contributed by atoms with van der Waals surface area (Å²) in [5.74, 6) is 0. The van der Waals surface area contributed by atoms with Gasteiger partial charge < -0.3 is 4.81 Å². The number of thioether (sulfide) groups is 1. The second kappa shape index (κ2) is 2.49. The molecule has 2 radical (unpaired) electrons. The molecule has 0 saturated heterocycles. The molecule has 1 atom stereocenters. The van der Waals surface area contributed by atoms with E-state index >= 15 is 0 Å². The lowest BCUT2D eigenvalue weighted by molar-refractivity contribution is 1.04. The fraction of sp³-hybridized carbons (Fsp3) is 0.250. The van der Waals surface area contributed by atoms with Crippen molar-refractivity contribution in [2.45, 2.75) is 17.2 Å². The minimum atomic E-state index is 0.368. The van der Waals surface area contributed by atoms with Gasteiger partial charge in [0.05, 0.1) is 5.37 Å². The molecule has 0 spiro atoms. The summed E-state index contributed by atoms with van der Waals surface area (Å²) in [6, 6.07) is 8.20. The Kier molecular flexibility index (Phi) is 1.60. The minimum Gasteiger partial charge on any atom is -0.413 e. The zero-order valence-corrected chi connectivity index (χ0v) is 7.14. The van der Waals surface area contributed by atoms with Crippen LogP contribution in [0.25, 0.3) is 0 Å². The number of fused-ring (bicyclic) bond motifs is 1. The van der Waals surface area contributed by atoms with Crippen LogP contribution in [0.1, 0.15) is 6.92 Å². The van der Waals surface area contributed by atoms with Gasteiger partial charge in [-0.2, -0.15) is 0 Å². The van der Waals surface area contributed by atoms with Crippen molar-refractivity contribution < 1.29 is 0 Å². The predicted octanol–water partition coefficient (Wildman–Crippen LogP) is 2.03. The SMILES string of the molecule is [B]N1c2ccccc2SC1C. The van der Waals surface area contributed by atoms with E-state index in [-0.39, 0.29) is 0 Å². The Hall–Kier alpha value is -0.565. The van der Waals surface area contributed by atoms with Crippen LogP contribution in [0.3, 0.4) is 0 Å². The molecule has 0 bridgehead atoms. The molecule has 1 unspecified atom stereocenters. The van der Waals surface area contributed by atoms with Crippen LogP contribution in [-0.2, 0) is 0 Å². The molecular weight excluding hydrogens is 153 g/mol. The zero-order valence-electron chi connectivity index (χ0n) is 6.32. The van der Waals surface area contributed by atoms with Crippen molar-refractivity contribution in [1.29, 1.82) is 0 Å². The van der Waals surface area contributed by atoms with Gasteiger partial charge in [0.2, 0.25) is 7.98 Å². The molecule has 54 valence electrons. The number of anilines is 1. The Labute approximate surface area is 72.2 Å². The molecule has 0 aromatic heterocycles. The first kappa shape index (κ1) is 7.10.